The average molecular weight is 693 g/mol. The summed E-state index contributed by atoms with van der Waals surface area (Å²) in [4.78, 5) is 44.4. The van der Waals surface area contributed by atoms with E-state index in [0.717, 1.165) is 5.01 Å². The Balaban J connectivity index is 1.23. The summed E-state index contributed by atoms with van der Waals surface area (Å²) in [6.07, 6.45) is -4.27. The molecule has 0 atom stereocenters. The first kappa shape index (κ1) is 32.9. The number of carbonyl (C=O) groups is 3. The van der Waals surface area contributed by atoms with Gasteiger partial charge in [0.05, 0.1) is 58.7 Å². The molecule has 248 valence electrons. The molecule has 2 amide bonds. The number of halogens is 5. The number of amides is 2. The zero-order valence-electron chi connectivity index (χ0n) is 24.9. The maximum atomic E-state index is 13.7. The highest BCUT2D eigenvalue weighted by Gasteiger charge is 2.34. The van der Waals surface area contributed by atoms with Gasteiger partial charge in [-0.05, 0) is 41.0 Å². The number of hydrazine groups is 1. The fraction of sp³-hybridized carbons (Fsp3) is 0.344. The molecule has 3 aliphatic heterocycles. The molecule has 3 heterocycles. The topological polar surface area (TPSA) is 106 Å². The van der Waals surface area contributed by atoms with Crippen LogP contribution in [0.15, 0.2) is 48.5 Å². The molecule has 0 aromatic heterocycles. The second-order valence-corrected chi connectivity index (χ2v) is 12.3. The molecule has 3 aromatic carbocycles. The van der Waals surface area contributed by atoms with Gasteiger partial charge in [0.2, 0.25) is 0 Å². The van der Waals surface area contributed by atoms with Crippen LogP contribution in [0.1, 0.15) is 36.6 Å². The molecule has 47 heavy (non-hydrogen) atoms. The minimum Gasteiger partial charge on any atom is -0.478 e. The highest BCUT2D eigenvalue weighted by atomic mass is 35.5. The molecule has 0 saturated carbocycles. The summed E-state index contributed by atoms with van der Waals surface area (Å²) in [5, 5.41) is 11.0. The van der Waals surface area contributed by atoms with E-state index in [9.17, 15) is 32.7 Å². The van der Waals surface area contributed by atoms with E-state index in [1.165, 1.54) is 11.0 Å². The highest BCUT2D eigenvalue weighted by molar-refractivity contribution is 6.40. The predicted molar refractivity (Wildman–Crippen MR) is 170 cm³/mol. The predicted octanol–water partition coefficient (Wildman–Crippen LogP) is 5.18. The fourth-order valence-corrected chi connectivity index (χ4v) is 6.83. The second kappa shape index (κ2) is 13.2. The molecule has 2 fully saturated rings. The van der Waals surface area contributed by atoms with Crippen LogP contribution in [0, 0.1) is 0 Å². The maximum absolute atomic E-state index is 13.7. The number of benzene rings is 3. The van der Waals surface area contributed by atoms with E-state index in [0.29, 0.717) is 73.0 Å². The van der Waals surface area contributed by atoms with Gasteiger partial charge in [0.1, 0.15) is 0 Å². The molecule has 0 aliphatic carbocycles. The van der Waals surface area contributed by atoms with Gasteiger partial charge in [0.25, 0.3) is 11.8 Å². The van der Waals surface area contributed by atoms with Gasteiger partial charge >= 0.3 is 12.1 Å². The Morgan fingerprint density at radius 1 is 0.915 bits per heavy atom. The molecule has 2 saturated heterocycles. The van der Waals surface area contributed by atoms with Crippen molar-refractivity contribution in [2.75, 3.05) is 68.8 Å². The van der Waals surface area contributed by atoms with Crippen LogP contribution < -0.4 is 15.2 Å². The number of nitrogens with one attached hydrogen (secondary N) is 1. The Morgan fingerprint density at radius 2 is 1.60 bits per heavy atom. The number of aromatic carboxylic acids is 1. The third-order valence-corrected chi connectivity index (χ3v) is 9.06. The van der Waals surface area contributed by atoms with Crippen LogP contribution in [-0.2, 0) is 11.3 Å². The van der Waals surface area contributed by atoms with Gasteiger partial charge in [0, 0.05) is 45.0 Å². The van der Waals surface area contributed by atoms with Crippen LogP contribution in [0.4, 0.5) is 24.5 Å². The van der Waals surface area contributed by atoms with Crippen LogP contribution in [0.25, 0.3) is 11.1 Å². The summed E-state index contributed by atoms with van der Waals surface area (Å²) in [5.41, 5.74) is 6.01. The van der Waals surface area contributed by atoms with Gasteiger partial charge in [-0.15, -0.1) is 0 Å². The van der Waals surface area contributed by atoms with Crippen LogP contribution in [0.2, 0.25) is 10.0 Å². The summed E-state index contributed by atoms with van der Waals surface area (Å²) in [7, 11) is 0. The Bertz CT molecular complexity index is 1700. The van der Waals surface area contributed by atoms with Crippen LogP contribution in [0.5, 0.6) is 0 Å². The third kappa shape index (κ3) is 6.98. The van der Waals surface area contributed by atoms with E-state index in [2.05, 4.69) is 5.43 Å². The van der Waals surface area contributed by atoms with Crippen LogP contribution in [0.3, 0.4) is 0 Å². The number of piperazine rings is 1. The molecule has 15 heteroatoms. The van der Waals surface area contributed by atoms with E-state index >= 15 is 0 Å². The number of morpholine rings is 1. The van der Waals surface area contributed by atoms with E-state index in [4.69, 9.17) is 27.9 Å². The Labute approximate surface area is 278 Å². The second-order valence-electron chi connectivity index (χ2n) is 11.5. The molecular weight excluding hydrogens is 662 g/mol. The number of hydrogen-bond acceptors (Lipinski definition) is 7. The van der Waals surface area contributed by atoms with E-state index in [-0.39, 0.29) is 40.8 Å². The van der Waals surface area contributed by atoms with Crippen LogP contribution in [-0.4, -0.2) is 98.0 Å². The maximum Gasteiger partial charge on any atom is 0.401 e. The lowest BCUT2D eigenvalue weighted by Gasteiger charge is -2.36. The molecule has 0 bridgehead atoms. The first-order valence-corrected chi connectivity index (χ1v) is 15.6. The molecule has 0 spiro atoms. The molecule has 0 unspecified atom stereocenters. The summed E-state index contributed by atoms with van der Waals surface area (Å²) in [5.74, 6) is -2.23. The Morgan fingerprint density at radius 3 is 2.23 bits per heavy atom. The molecule has 2 N–H and O–H groups in total. The summed E-state index contributed by atoms with van der Waals surface area (Å²) >= 11 is 13.1. The van der Waals surface area contributed by atoms with Crippen molar-refractivity contribution in [3.8, 4) is 11.1 Å². The minimum absolute atomic E-state index is 0.00680. The van der Waals surface area contributed by atoms with Crippen molar-refractivity contribution in [3.05, 3.63) is 80.8 Å². The number of fused-ring (bicyclic) bond motifs is 1. The van der Waals surface area contributed by atoms with Gasteiger partial charge in [-0.25, -0.2) is 9.80 Å². The largest absolute Gasteiger partial charge is 0.478 e. The Hall–Kier alpha value is -4.04. The summed E-state index contributed by atoms with van der Waals surface area (Å²) < 4.78 is 43.8. The van der Waals surface area contributed by atoms with Crippen molar-refractivity contribution < 1.29 is 37.4 Å². The number of hydrogen-bond donors (Lipinski definition) is 2. The van der Waals surface area contributed by atoms with Gasteiger partial charge in [-0.3, -0.25) is 19.9 Å². The normalized spacial score (nSPS) is 17.4. The zero-order valence-corrected chi connectivity index (χ0v) is 26.5. The lowest BCUT2D eigenvalue weighted by molar-refractivity contribution is -0.146. The van der Waals surface area contributed by atoms with E-state index in [1.54, 1.807) is 42.5 Å². The fourth-order valence-electron chi connectivity index (χ4n) is 6.20. The SMILES string of the molecule is O=C(O)c1ccc(-c2cccc3c2C(=O)NN(C(=O)c2c(Cl)cc(N4CCN(CC(F)(F)F)CC4)cc2Cl)C3)cc1N1CCOCC1. The number of rotatable bonds is 6. The number of carboxylic acids is 1. The van der Waals surface area contributed by atoms with E-state index in [1.807, 2.05) is 9.80 Å². The number of anilines is 2. The summed E-state index contributed by atoms with van der Waals surface area (Å²) in [6, 6.07) is 13.3. The zero-order chi connectivity index (χ0) is 33.5. The highest BCUT2D eigenvalue weighted by Crippen LogP contribution is 2.36. The summed E-state index contributed by atoms with van der Waals surface area (Å²) in [6.45, 7) is 2.07. The molecule has 3 aromatic rings. The number of carboxylic acid groups (broad SMARTS) is 1. The Kier molecular flexibility index (Phi) is 9.25. The number of alkyl halides is 3. The first-order chi connectivity index (χ1) is 22.4. The van der Waals surface area contributed by atoms with Crippen molar-refractivity contribution in [2.24, 2.45) is 0 Å². The van der Waals surface area contributed by atoms with Crippen molar-refractivity contribution >= 4 is 52.4 Å². The average Bonchev–Trinajstić information content (AvgIpc) is 3.03. The number of nitrogens with zero attached hydrogens (tertiary/aromatic N) is 4. The first-order valence-electron chi connectivity index (χ1n) is 14.9. The molecular formula is C32H30Cl2F3N5O5. The quantitative estimate of drug-likeness (QED) is 0.365. The smallest absolute Gasteiger partial charge is 0.401 e. The van der Waals surface area contributed by atoms with Crippen molar-refractivity contribution in [1.29, 1.82) is 0 Å². The van der Waals surface area contributed by atoms with Crippen LogP contribution >= 0.6 is 23.2 Å². The minimum atomic E-state index is -4.27. The molecule has 10 nitrogen and oxygen atoms in total. The standard InChI is InChI=1S/C32H30Cl2F3N5O5/c33-24-15-21(40-8-6-39(7-9-40)18-32(35,36)37)16-25(34)28(24)30(44)42-17-20-2-1-3-22(27(20)29(43)38-42)19-4-5-23(31(45)46)26(14-19)41-10-12-47-13-11-41/h1-5,14-16H,6-13,17-18H2,(H,38,43)(H,45,46). The van der Waals surface area contributed by atoms with E-state index < -0.39 is 30.5 Å². The van der Waals surface area contributed by atoms with Gasteiger partial charge in [-0.1, -0.05) is 47.5 Å². The lowest BCUT2D eigenvalue weighted by atomic mass is 9.92. The van der Waals surface area contributed by atoms with Crippen molar-refractivity contribution in [1.82, 2.24) is 15.3 Å². The lowest BCUT2D eigenvalue weighted by Crippen LogP contribution is -2.50. The molecule has 3 aliphatic rings. The van der Waals surface area contributed by atoms with Crippen molar-refractivity contribution in [2.45, 2.75) is 12.7 Å². The van der Waals surface area contributed by atoms with Gasteiger partial charge in [-0.2, -0.15) is 13.2 Å². The molecule has 0 radical (unpaired) electrons. The van der Waals surface area contributed by atoms with Gasteiger partial charge < -0.3 is 19.6 Å². The number of ether oxygens (including phenoxy) is 1. The molecule has 6 rings (SSSR count). The monoisotopic (exact) mass is 691 g/mol. The van der Waals surface area contributed by atoms with Crippen molar-refractivity contribution in [3.63, 3.8) is 0 Å². The number of carbonyl (C=O) groups excluding carboxylic acids is 2. The van der Waals surface area contributed by atoms with Gasteiger partial charge in [0.15, 0.2) is 0 Å². The third-order valence-electron chi connectivity index (χ3n) is 8.46.